The maximum atomic E-state index is 3.80. The summed E-state index contributed by atoms with van der Waals surface area (Å²) < 4.78 is 0. The summed E-state index contributed by atoms with van der Waals surface area (Å²) in [5.41, 5.74) is 4.31. The van der Waals surface area contributed by atoms with E-state index >= 15 is 0 Å². The molecule has 1 saturated carbocycles. The van der Waals surface area contributed by atoms with Gasteiger partial charge in [-0.3, -0.25) is 0 Å². The lowest BCUT2D eigenvalue weighted by molar-refractivity contribution is 0.175. The number of benzene rings is 1. The van der Waals surface area contributed by atoms with Gasteiger partial charge in [0.25, 0.3) is 0 Å². The number of hydrogen-bond donors (Lipinski definition) is 1. The Morgan fingerprint density at radius 1 is 1.05 bits per heavy atom. The third-order valence-corrected chi connectivity index (χ3v) is 5.21. The predicted octanol–water partition coefficient (Wildman–Crippen LogP) is 5.04. The van der Waals surface area contributed by atoms with Gasteiger partial charge in [0.15, 0.2) is 0 Å². The minimum Gasteiger partial charge on any atom is -0.314 e. The zero-order chi connectivity index (χ0) is 15.2. The molecular formula is C20H33N. The normalized spacial score (nSPS) is 24.0. The topological polar surface area (TPSA) is 12.0 Å². The van der Waals surface area contributed by atoms with E-state index in [0.29, 0.717) is 6.04 Å². The molecule has 0 radical (unpaired) electrons. The molecule has 1 aliphatic carbocycles. The van der Waals surface area contributed by atoms with Crippen LogP contribution >= 0.6 is 0 Å². The summed E-state index contributed by atoms with van der Waals surface area (Å²) in [5.74, 6) is 1.79. The summed E-state index contributed by atoms with van der Waals surface area (Å²) in [6.45, 7) is 10.1. The van der Waals surface area contributed by atoms with Crippen LogP contribution in [0.4, 0.5) is 0 Å². The summed E-state index contributed by atoms with van der Waals surface area (Å²) in [6, 6.07) is 7.69. The van der Waals surface area contributed by atoms with E-state index in [2.05, 4.69) is 51.2 Å². The quantitative estimate of drug-likeness (QED) is 0.773. The van der Waals surface area contributed by atoms with E-state index in [-0.39, 0.29) is 0 Å². The van der Waals surface area contributed by atoms with E-state index in [1.165, 1.54) is 55.2 Å². The fourth-order valence-electron chi connectivity index (χ4n) is 4.35. The Kier molecular flexibility index (Phi) is 6.29. The molecule has 2 rings (SSSR count). The first-order valence-electron chi connectivity index (χ1n) is 8.94. The Balaban J connectivity index is 2.13. The fraction of sp³-hybridized carbons (Fsp3) is 0.700. The van der Waals surface area contributed by atoms with Crippen molar-refractivity contribution >= 4 is 0 Å². The number of rotatable bonds is 6. The van der Waals surface area contributed by atoms with E-state index in [1.54, 1.807) is 0 Å². The van der Waals surface area contributed by atoms with E-state index in [9.17, 15) is 0 Å². The molecular weight excluding hydrogens is 254 g/mol. The highest BCUT2D eigenvalue weighted by molar-refractivity contribution is 5.29. The van der Waals surface area contributed by atoms with Gasteiger partial charge >= 0.3 is 0 Å². The van der Waals surface area contributed by atoms with Crippen LogP contribution in [0, 0.1) is 25.7 Å². The molecule has 1 aliphatic rings. The second-order valence-corrected chi connectivity index (χ2v) is 6.98. The molecule has 3 atom stereocenters. The molecule has 0 aliphatic heterocycles. The molecule has 0 heterocycles. The molecule has 0 amide bonds. The molecule has 21 heavy (non-hydrogen) atoms. The maximum absolute atomic E-state index is 3.80. The SMILES string of the molecule is CCNC(Cc1cc(C)cc(C)c1)C1CCCCC1CC. The predicted molar refractivity (Wildman–Crippen MR) is 92.8 cm³/mol. The zero-order valence-electron chi connectivity index (χ0n) is 14.4. The first kappa shape index (κ1) is 16.5. The van der Waals surface area contributed by atoms with Crippen LogP contribution in [0.3, 0.4) is 0 Å². The molecule has 0 spiro atoms. The highest BCUT2D eigenvalue weighted by Crippen LogP contribution is 2.35. The minimum atomic E-state index is 0.654. The lowest BCUT2D eigenvalue weighted by atomic mass is 9.72. The molecule has 1 aromatic carbocycles. The fourth-order valence-corrected chi connectivity index (χ4v) is 4.35. The van der Waals surface area contributed by atoms with Crippen LogP contribution in [0.25, 0.3) is 0 Å². The van der Waals surface area contributed by atoms with Crippen molar-refractivity contribution in [1.29, 1.82) is 0 Å². The summed E-state index contributed by atoms with van der Waals surface area (Å²) in [5, 5.41) is 3.80. The summed E-state index contributed by atoms with van der Waals surface area (Å²) in [7, 11) is 0. The number of hydrogen-bond acceptors (Lipinski definition) is 1. The van der Waals surface area contributed by atoms with Gasteiger partial charge in [0.05, 0.1) is 0 Å². The molecule has 3 unspecified atom stereocenters. The van der Waals surface area contributed by atoms with E-state index < -0.39 is 0 Å². The van der Waals surface area contributed by atoms with Crippen molar-refractivity contribution in [3.8, 4) is 0 Å². The largest absolute Gasteiger partial charge is 0.314 e. The van der Waals surface area contributed by atoms with E-state index in [4.69, 9.17) is 0 Å². The van der Waals surface area contributed by atoms with Gasteiger partial charge in [-0.1, -0.05) is 68.9 Å². The van der Waals surface area contributed by atoms with Crippen molar-refractivity contribution in [1.82, 2.24) is 5.32 Å². The first-order valence-corrected chi connectivity index (χ1v) is 8.94. The number of nitrogens with one attached hydrogen (secondary N) is 1. The summed E-state index contributed by atoms with van der Waals surface area (Å²) in [4.78, 5) is 0. The van der Waals surface area contributed by atoms with Crippen molar-refractivity contribution in [3.05, 3.63) is 34.9 Å². The monoisotopic (exact) mass is 287 g/mol. The van der Waals surface area contributed by atoms with Crippen LogP contribution in [0.1, 0.15) is 62.6 Å². The second kappa shape index (κ2) is 7.98. The second-order valence-electron chi connectivity index (χ2n) is 6.98. The van der Waals surface area contributed by atoms with Crippen molar-refractivity contribution in [2.75, 3.05) is 6.54 Å². The van der Waals surface area contributed by atoms with Crippen LogP contribution in [-0.4, -0.2) is 12.6 Å². The van der Waals surface area contributed by atoms with Crippen LogP contribution < -0.4 is 5.32 Å². The zero-order valence-corrected chi connectivity index (χ0v) is 14.4. The van der Waals surface area contributed by atoms with Crippen LogP contribution in [0.5, 0.6) is 0 Å². The standard InChI is InChI=1S/C20H33N/c1-5-18-9-7-8-10-19(18)20(21-6-2)14-17-12-15(3)11-16(4)13-17/h11-13,18-21H,5-10,14H2,1-4H3. The first-order chi connectivity index (χ1) is 10.1. The Hall–Kier alpha value is -0.820. The summed E-state index contributed by atoms with van der Waals surface area (Å²) in [6.07, 6.45) is 8.27. The molecule has 1 fully saturated rings. The third kappa shape index (κ3) is 4.57. The lowest BCUT2D eigenvalue weighted by Crippen LogP contribution is -2.42. The van der Waals surface area contributed by atoms with Gasteiger partial charge in [-0.25, -0.2) is 0 Å². The molecule has 0 aromatic heterocycles. The van der Waals surface area contributed by atoms with Gasteiger partial charge in [0.2, 0.25) is 0 Å². The average molecular weight is 287 g/mol. The molecule has 1 nitrogen and oxygen atoms in total. The molecule has 1 aromatic rings. The lowest BCUT2D eigenvalue weighted by Gasteiger charge is -2.37. The average Bonchev–Trinajstić information content (AvgIpc) is 2.45. The molecule has 0 bridgehead atoms. The number of aryl methyl sites for hydroxylation is 2. The summed E-state index contributed by atoms with van der Waals surface area (Å²) >= 11 is 0. The highest BCUT2D eigenvalue weighted by atomic mass is 14.9. The van der Waals surface area contributed by atoms with Crippen molar-refractivity contribution < 1.29 is 0 Å². The van der Waals surface area contributed by atoms with Gasteiger partial charge < -0.3 is 5.32 Å². The minimum absolute atomic E-state index is 0.654. The van der Waals surface area contributed by atoms with Crippen molar-refractivity contribution in [2.45, 2.75) is 72.3 Å². The van der Waals surface area contributed by atoms with Gasteiger partial charge in [-0.15, -0.1) is 0 Å². The van der Waals surface area contributed by atoms with Gasteiger partial charge in [-0.2, -0.15) is 0 Å². The Bertz CT molecular complexity index is 417. The van der Waals surface area contributed by atoms with Gasteiger partial charge in [0.1, 0.15) is 0 Å². The van der Waals surface area contributed by atoms with E-state index in [0.717, 1.165) is 18.4 Å². The van der Waals surface area contributed by atoms with Crippen molar-refractivity contribution in [3.63, 3.8) is 0 Å². The van der Waals surface area contributed by atoms with Gasteiger partial charge in [-0.05, 0) is 50.6 Å². The van der Waals surface area contributed by atoms with Crippen LogP contribution in [0.15, 0.2) is 18.2 Å². The van der Waals surface area contributed by atoms with E-state index in [1.807, 2.05) is 0 Å². The highest BCUT2D eigenvalue weighted by Gasteiger charge is 2.30. The van der Waals surface area contributed by atoms with Crippen LogP contribution in [0.2, 0.25) is 0 Å². The molecule has 118 valence electrons. The maximum Gasteiger partial charge on any atom is 0.0138 e. The molecule has 1 heteroatoms. The third-order valence-electron chi connectivity index (χ3n) is 5.21. The number of likely N-dealkylation sites (N-methyl/N-ethyl adjacent to an activating group) is 1. The van der Waals surface area contributed by atoms with Gasteiger partial charge in [0, 0.05) is 6.04 Å². The van der Waals surface area contributed by atoms with Crippen LogP contribution in [-0.2, 0) is 6.42 Å². The Morgan fingerprint density at radius 2 is 1.71 bits per heavy atom. The molecule has 0 saturated heterocycles. The Morgan fingerprint density at radius 3 is 2.33 bits per heavy atom. The smallest absolute Gasteiger partial charge is 0.0138 e. The molecule has 1 N–H and O–H groups in total. The Labute approximate surface area is 131 Å². The van der Waals surface area contributed by atoms with Crippen molar-refractivity contribution in [2.24, 2.45) is 11.8 Å².